The Morgan fingerprint density at radius 2 is 1.75 bits per heavy atom. The van der Waals surface area contributed by atoms with Crippen LogP contribution in [0.3, 0.4) is 0 Å². The minimum absolute atomic E-state index is 0.200. The molecule has 0 saturated heterocycles. The van der Waals surface area contributed by atoms with Gasteiger partial charge in [0.25, 0.3) is 0 Å². The average molecular weight is 221 g/mol. The largest absolute Gasteiger partial charge is 0.394 e. The first-order valence-electron chi connectivity index (χ1n) is 5.35. The van der Waals surface area contributed by atoms with Crippen molar-refractivity contribution in [3.8, 4) is 0 Å². The predicted octanol–water partition coefficient (Wildman–Crippen LogP) is 0.944. The van der Waals surface area contributed by atoms with Gasteiger partial charge in [0.2, 0.25) is 0 Å². The van der Waals surface area contributed by atoms with E-state index in [1.165, 1.54) is 0 Å². The molecule has 1 rings (SSSR count). The standard InChI is InChI=1S/C13H19NO2/c1-2-11-3-5-12(6-4-11)7-8-13(14,9-15)10-16/h2-6,15-16H,1,7-10,14H2. The normalized spacial score (nSPS) is 11.4. The molecule has 0 radical (unpaired) electrons. The van der Waals surface area contributed by atoms with Gasteiger partial charge in [-0.3, -0.25) is 0 Å². The van der Waals surface area contributed by atoms with Gasteiger partial charge in [-0.05, 0) is 24.0 Å². The first-order chi connectivity index (χ1) is 7.63. The summed E-state index contributed by atoms with van der Waals surface area (Å²) in [5.41, 5.74) is 7.12. The van der Waals surface area contributed by atoms with Crippen LogP contribution in [0.5, 0.6) is 0 Å². The Balaban J connectivity index is 2.57. The fourth-order valence-electron chi connectivity index (χ4n) is 1.42. The number of rotatable bonds is 6. The van der Waals surface area contributed by atoms with Crippen LogP contribution in [0.15, 0.2) is 30.8 Å². The minimum atomic E-state index is -0.878. The van der Waals surface area contributed by atoms with E-state index in [9.17, 15) is 0 Å². The molecule has 88 valence electrons. The molecular weight excluding hydrogens is 202 g/mol. The van der Waals surface area contributed by atoms with Gasteiger partial charge in [0.15, 0.2) is 0 Å². The van der Waals surface area contributed by atoms with E-state index in [1.807, 2.05) is 24.3 Å². The Morgan fingerprint density at radius 3 is 2.19 bits per heavy atom. The quantitative estimate of drug-likeness (QED) is 0.670. The van der Waals surface area contributed by atoms with Crippen LogP contribution in [0, 0.1) is 0 Å². The lowest BCUT2D eigenvalue weighted by atomic mass is 9.94. The van der Waals surface area contributed by atoms with Gasteiger partial charge >= 0.3 is 0 Å². The summed E-state index contributed by atoms with van der Waals surface area (Å²) in [6, 6.07) is 7.98. The summed E-state index contributed by atoms with van der Waals surface area (Å²) in [5.74, 6) is 0. The highest BCUT2D eigenvalue weighted by molar-refractivity contribution is 5.47. The van der Waals surface area contributed by atoms with Gasteiger partial charge in [-0.25, -0.2) is 0 Å². The third kappa shape index (κ3) is 3.45. The molecular formula is C13H19NO2. The van der Waals surface area contributed by atoms with Gasteiger partial charge in [0, 0.05) is 0 Å². The van der Waals surface area contributed by atoms with Crippen molar-refractivity contribution in [1.29, 1.82) is 0 Å². The highest BCUT2D eigenvalue weighted by Gasteiger charge is 2.22. The highest BCUT2D eigenvalue weighted by atomic mass is 16.3. The van der Waals surface area contributed by atoms with Crippen LogP contribution in [-0.4, -0.2) is 29.0 Å². The van der Waals surface area contributed by atoms with Crippen molar-refractivity contribution in [3.05, 3.63) is 42.0 Å². The molecule has 0 aliphatic rings. The Labute approximate surface area is 96.2 Å². The number of aliphatic hydroxyl groups excluding tert-OH is 2. The van der Waals surface area contributed by atoms with Gasteiger partial charge in [0.05, 0.1) is 18.8 Å². The Hall–Kier alpha value is -1.16. The number of nitrogens with two attached hydrogens (primary N) is 1. The molecule has 0 fully saturated rings. The number of benzene rings is 1. The molecule has 0 aliphatic heterocycles. The third-order valence-corrected chi connectivity index (χ3v) is 2.76. The van der Waals surface area contributed by atoms with Gasteiger partial charge in [-0.2, -0.15) is 0 Å². The zero-order valence-electron chi connectivity index (χ0n) is 9.39. The second-order valence-electron chi connectivity index (χ2n) is 4.12. The molecule has 0 aliphatic carbocycles. The Bertz CT molecular complexity index is 328. The van der Waals surface area contributed by atoms with Crippen LogP contribution in [0.1, 0.15) is 17.5 Å². The van der Waals surface area contributed by atoms with E-state index >= 15 is 0 Å². The summed E-state index contributed by atoms with van der Waals surface area (Å²) in [4.78, 5) is 0. The lowest BCUT2D eigenvalue weighted by Crippen LogP contribution is -2.47. The molecule has 0 bridgehead atoms. The molecule has 4 N–H and O–H groups in total. The van der Waals surface area contributed by atoms with Crippen LogP contribution in [0.4, 0.5) is 0 Å². The van der Waals surface area contributed by atoms with Crippen molar-refractivity contribution >= 4 is 6.08 Å². The first-order valence-corrected chi connectivity index (χ1v) is 5.35. The first kappa shape index (κ1) is 12.9. The summed E-state index contributed by atoms with van der Waals surface area (Å²) >= 11 is 0. The zero-order chi connectivity index (χ0) is 12.0. The SMILES string of the molecule is C=Cc1ccc(CCC(N)(CO)CO)cc1. The van der Waals surface area contributed by atoms with E-state index < -0.39 is 5.54 Å². The van der Waals surface area contributed by atoms with E-state index in [0.717, 1.165) is 17.5 Å². The van der Waals surface area contributed by atoms with Crippen molar-refractivity contribution in [2.75, 3.05) is 13.2 Å². The van der Waals surface area contributed by atoms with Crippen LogP contribution in [0.2, 0.25) is 0 Å². The average Bonchev–Trinajstić information content (AvgIpc) is 2.36. The topological polar surface area (TPSA) is 66.5 Å². The fraction of sp³-hybridized carbons (Fsp3) is 0.385. The van der Waals surface area contributed by atoms with Crippen LogP contribution >= 0.6 is 0 Å². The number of aryl methyl sites for hydroxylation is 1. The molecule has 1 aromatic carbocycles. The monoisotopic (exact) mass is 221 g/mol. The molecule has 0 unspecified atom stereocenters. The molecule has 3 nitrogen and oxygen atoms in total. The maximum atomic E-state index is 9.05. The number of hydrogen-bond donors (Lipinski definition) is 3. The predicted molar refractivity (Wildman–Crippen MR) is 65.9 cm³/mol. The van der Waals surface area contributed by atoms with Gasteiger partial charge in [-0.15, -0.1) is 0 Å². The highest BCUT2D eigenvalue weighted by Crippen LogP contribution is 2.12. The van der Waals surface area contributed by atoms with E-state index in [1.54, 1.807) is 6.08 Å². The van der Waals surface area contributed by atoms with Crippen LogP contribution < -0.4 is 5.73 Å². The zero-order valence-corrected chi connectivity index (χ0v) is 9.39. The Kier molecular flexibility index (Phi) is 4.68. The van der Waals surface area contributed by atoms with E-state index in [0.29, 0.717) is 6.42 Å². The molecule has 0 spiro atoms. The molecule has 1 aromatic rings. The van der Waals surface area contributed by atoms with Gasteiger partial charge < -0.3 is 15.9 Å². The summed E-state index contributed by atoms with van der Waals surface area (Å²) in [5, 5.41) is 18.1. The Morgan fingerprint density at radius 1 is 1.19 bits per heavy atom. The number of aliphatic hydroxyl groups is 2. The third-order valence-electron chi connectivity index (χ3n) is 2.76. The lowest BCUT2D eigenvalue weighted by Gasteiger charge is -2.24. The van der Waals surface area contributed by atoms with Crippen molar-refractivity contribution in [3.63, 3.8) is 0 Å². The minimum Gasteiger partial charge on any atom is -0.394 e. The molecule has 0 aromatic heterocycles. The van der Waals surface area contributed by atoms with E-state index in [-0.39, 0.29) is 13.2 Å². The lowest BCUT2D eigenvalue weighted by molar-refractivity contribution is 0.115. The smallest absolute Gasteiger partial charge is 0.0633 e. The van der Waals surface area contributed by atoms with Gasteiger partial charge in [-0.1, -0.05) is 36.9 Å². The van der Waals surface area contributed by atoms with Crippen LogP contribution in [0.25, 0.3) is 6.08 Å². The van der Waals surface area contributed by atoms with E-state index in [2.05, 4.69) is 6.58 Å². The molecule has 0 saturated carbocycles. The van der Waals surface area contributed by atoms with Crippen molar-refractivity contribution in [2.45, 2.75) is 18.4 Å². The molecule has 0 heterocycles. The molecule has 3 heteroatoms. The second-order valence-corrected chi connectivity index (χ2v) is 4.12. The summed E-state index contributed by atoms with van der Waals surface area (Å²) < 4.78 is 0. The maximum Gasteiger partial charge on any atom is 0.0633 e. The molecule has 0 atom stereocenters. The van der Waals surface area contributed by atoms with Crippen LogP contribution in [-0.2, 0) is 6.42 Å². The van der Waals surface area contributed by atoms with E-state index in [4.69, 9.17) is 15.9 Å². The fourth-order valence-corrected chi connectivity index (χ4v) is 1.42. The maximum absolute atomic E-state index is 9.05. The summed E-state index contributed by atoms with van der Waals surface area (Å²) in [7, 11) is 0. The van der Waals surface area contributed by atoms with Crippen molar-refractivity contribution in [2.24, 2.45) is 5.73 Å². The van der Waals surface area contributed by atoms with Crippen molar-refractivity contribution < 1.29 is 10.2 Å². The second kappa shape index (κ2) is 5.80. The number of hydrogen-bond acceptors (Lipinski definition) is 3. The summed E-state index contributed by atoms with van der Waals surface area (Å²) in [6.45, 7) is 3.29. The summed E-state index contributed by atoms with van der Waals surface area (Å²) in [6.07, 6.45) is 3.10. The van der Waals surface area contributed by atoms with Gasteiger partial charge in [0.1, 0.15) is 0 Å². The molecule has 0 amide bonds. The van der Waals surface area contributed by atoms with Crippen molar-refractivity contribution in [1.82, 2.24) is 0 Å². The molecule has 16 heavy (non-hydrogen) atoms.